The predicted octanol–water partition coefficient (Wildman–Crippen LogP) is 1.17. The molecule has 2 N–H and O–H groups in total. The van der Waals surface area contributed by atoms with E-state index in [1.165, 1.54) is 0 Å². The highest BCUT2D eigenvalue weighted by Crippen LogP contribution is 2.22. The molecule has 19 heavy (non-hydrogen) atoms. The molecule has 1 aromatic carbocycles. The Morgan fingerprint density at radius 2 is 2.16 bits per heavy atom. The Balaban J connectivity index is 2.05. The molecule has 5 heteroatoms. The maximum absolute atomic E-state index is 11.9. The molecule has 1 aromatic rings. The number of anilines is 1. The molecule has 5 nitrogen and oxygen atoms in total. The van der Waals surface area contributed by atoms with Gasteiger partial charge in [0.2, 0.25) is 0 Å². The maximum atomic E-state index is 11.9. The van der Waals surface area contributed by atoms with Gasteiger partial charge in [-0.3, -0.25) is 4.79 Å². The zero-order valence-electron chi connectivity index (χ0n) is 11.2. The third-order valence-electron chi connectivity index (χ3n) is 3.24. The molecule has 1 amide bonds. The van der Waals surface area contributed by atoms with Crippen molar-refractivity contribution in [2.24, 2.45) is 5.73 Å². The van der Waals surface area contributed by atoms with Crippen molar-refractivity contribution >= 4 is 11.6 Å². The average molecular weight is 264 g/mol. The lowest BCUT2D eigenvalue weighted by atomic mass is 10.1. The number of ether oxygens (including phenoxy) is 2. The van der Waals surface area contributed by atoms with Crippen molar-refractivity contribution in [3.63, 3.8) is 0 Å². The molecule has 1 saturated heterocycles. The van der Waals surface area contributed by atoms with Gasteiger partial charge in [-0.25, -0.2) is 0 Å². The van der Waals surface area contributed by atoms with Gasteiger partial charge in [0.05, 0.1) is 19.8 Å². The number of morpholine rings is 1. The van der Waals surface area contributed by atoms with Crippen molar-refractivity contribution in [3.05, 3.63) is 24.3 Å². The zero-order chi connectivity index (χ0) is 13.7. The van der Waals surface area contributed by atoms with Crippen molar-refractivity contribution < 1.29 is 14.3 Å². The first-order chi connectivity index (χ1) is 9.24. The molecule has 1 fully saturated rings. The van der Waals surface area contributed by atoms with Crippen LogP contribution >= 0.6 is 0 Å². The summed E-state index contributed by atoms with van der Waals surface area (Å²) in [6.45, 7) is 1.38. The van der Waals surface area contributed by atoms with Crippen LogP contribution in [0.5, 0.6) is 5.75 Å². The van der Waals surface area contributed by atoms with Crippen molar-refractivity contribution in [2.45, 2.75) is 18.9 Å². The van der Waals surface area contributed by atoms with Crippen LogP contribution in [-0.2, 0) is 9.53 Å². The predicted molar refractivity (Wildman–Crippen MR) is 73.4 cm³/mol. The Kier molecular flexibility index (Phi) is 4.76. The van der Waals surface area contributed by atoms with Crippen molar-refractivity contribution in [3.8, 4) is 5.75 Å². The van der Waals surface area contributed by atoms with E-state index in [0.717, 1.165) is 24.3 Å². The Labute approximate surface area is 113 Å². The van der Waals surface area contributed by atoms with Gasteiger partial charge in [-0.2, -0.15) is 0 Å². The van der Waals surface area contributed by atoms with Gasteiger partial charge in [0, 0.05) is 5.69 Å². The minimum atomic E-state index is -0.00540. The molecule has 1 heterocycles. The van der Waals surface area contributed by atoms with E-state index in [1.807, 2.05) is 24.3 Å². The average Bonchev–Trinajstić information content (AvgIpc) is 2.46. The molecule has 1 atom stereocenters. The van der Waals surface area contributed by atoms with E-state index < -0.39 is 0 Å². The monoisotopic (exact) mass is 264 g/mol. The molecule has 0 bridgehead atoms. The van der Waals surface area contributed by atoms with Crippen LogP contribution < -0.4 is 15.4 Å². The third kappa shape index (κ3) is 3.45. The van der Waals surface area contributed by atoms with E-state index in [9.17, 15) is 4.79 Å². The second-order valence-corrected chi connectivity index (χ2v) is 4.57. The number of benzene rings is 1. The number of nitrogens with zero attached hydrogens (tertiary/aromatic N) is 1. The normalized spacial score (nSPS) is 19.6. The van der Waals surface area contributed by atoms with Crippen LogP contribution in [0.3, 0.4) is 0 Å². The first-order valence-corrected chi connectivity index (χ1v) is 6.50. The molecular formula is C14H20N2O3. The smallest absolute Gasteiger partial charge is 0.253 e. The minimum absolute atomic E-state index is 0.00540. The molecule has 104 valence electrons. The highest BCUT2D eigenvalue weighted by Gasteiger charge is 2.26. The molecule has 1 aliphatic rings. The minimum Gasteiger partial charge on any atom is -0.497 e. The van der Waals surface area contributed by atoms with Gasteiger partial charge in [-0.15, -0.1) is 0 Å². The summed E-state index contributed by atoms with van der Waals surface area (Å²) in [6, 6.07) is 7.49. The van der Waals surface area contributed by atoms with E-state index in [1.54, 1.807) is 12.0 Å². The Bertz CT molecular complexity index is 419. The fourth-order valence-corrected chi connectivity index (χ4v) is 2.16. The summed E-state index contributed by atoms with van der Waals surface area (Å²) in [5, 5.41) is 0. The van der Waals surface area contributed by atoms with Gasteiger partial charge >= 0.3 is 0 Å². The van der Waals surface area contributed by atoms with Gasteiger partial charge in [-0.05, 0) is 43.7 Å². The summed E-state index contributed by atoms with van der Waals surface area (Å²) in [4.78, 5) is 13.7. The number of carbonyl (C=O) groups excluding carboxylic acids is 1. The molecular weight excluding hydrogens is 244 g/mol. The van der Waals surface area contributed by atoms with E-state index in [0.29, 0.717) is 13.1 Å². The SMILES string of the molecule is COc1ccc(N2CC(CCCN)OCC2=O)cc1. The molecule has 1 unspecified atom stereocenters. The summed E-state index contributed by atoms with van der Waals surface area (Å²) in [5.41, 5.74) is 6.38. The van der Waals surface area contributed by atoms with Gasteiger partial charge < -0.3 is 20.1 Å². The van der Waals surface area contributed by atoms with Crippen LogP contribution in [-0.4, -0.2) is 38.8 Å². The van der Waals surface area contributed by atoms with Crippen LogP contribution in [0, 0.1) is 0 Å². The first-order valence-electron chi connectivity index (χ1n) is 6.50. The van der Waals surface area contributed by atoms with Crippen LogP contribution in [0.1, 0.15) is 12.8 Å². The van der Waals surface area contributed by atoms with Gasteiger partial charge in [0.1, 0.15) is 12.4 Å². The molecule has 0 radical (unpaired) electrons. The lowest BCUT2D eigenvalue weighted by Crippen LogP contribution is -2.46. The molecule has 0 aromatic heterocycles. The molecule has 0 aliphatic carbocycles. The van der Waals surface area contributed by atoms with Crippen molar-refractivity contribution in [1.29, 1.82) is 0 Å². The number of rotatable bonds is 5. The lowest BCUT2D eigenvalue weighted by Gasteiger charge is -2.32. The van der Waals surface area contributed by atoms with Crippen LogP contribution in [0.2, 0.25) is 0 Å². The van der Waals surface area contributed by atoms with E-state index in [2.05, 4.69) is 0 Å². The fraction of sp³-hybridized carbons (Fsp3) is 0.500. The summed E-state index contributed by atoms with van der Waals surface area (Å²) >= 11 is 0. The van der Waals surface area contributed by atoms with Crippen LogP contribution in [0.4, 0.5) is 5.69 Å². The first kappa shape index (κ1) is 13.8. The number of hydrogen-bond acceptors (Lipinski definition) is 4. The van der Waals surface area contributed by atoms with Crippen LogP contribution in [0.25, 0.3) is 0 Å². The van der Waals surface area contributed by atoms with E-state index in [4.69, 9.17) is 15.2 Å². The lowest BCUT2D eigenvalue weighted by molar-refractivity contribution is -0.129. The highest BCUT2D eigenvalue weighted by atomic mass is 16.5. The summed E-state index contributed by atoms with van der Waals surface area (Å²) in [6.07, 6.45) is 1.87. The third-order valence-corrected chi connectivity index (χ3v) is 3.24. The number of nitrogens with two attached hydrogens (primary N) is 1. The van der Waals surface area contributed by atoms with Gasteiger partial charge in [0.15, 0.2) is 0 Å². The summed E-state index contributed by atoms with van der Waals surface area (Å²) in [5.74, 6) is 0.776. The topological polar surface area (TPSA) is 64.8 Å². The molecule has 1 aliphatic heterocycles. The molecule has 2 rings (SSSR count). The van der Waals surface area contributed by atoms with Crippen molar-refractivity contribution in [2.75, 3.05) is 31.7 Å². The Morgan fingerprint density at radius 1 is 1.42 bits per heavy atom. The van der Waals surface area contributed by atoms with E-state index >= 15 is 0 Å². The second-order valence-electron chi connectivity index (χ2n) is 4.57. The molecule has 0 saturated carbocycles. The second kappa shape index (κ2) is 6.54. The van der Waals surface area contributed by atoms with E-state index in [-0.39, 0.29) is 18.6 Å². The van der Waals surface area contributed by atoms with Crippen LogP contribution in [0.15, 0.2) is 24.3 Å². The summed E-state index contributed by atoms with van der Waals surface area (Å²) in [7, 11) is 1.62. The highest BCUT2D eigenvalue weighted by molar-refractivity contribution is 5.95. The number of amides is 1. The number of carbonyl (C=O) groups is 1. The summed E-state index contributed by atoms with van der Waals surface area (Å²) < 4.78 is 10.6. The quantitative estimate of drug-likeness (QED) is 0.867. The fourth-order valence-electron chi connectivity index (χ4n) is 2.16. The molecule has 0 spiro atoms. The Morgan fingerprint density at radius 3 is 2.79 bits per heavy atom. The number of hydrogen-bond donors (Lipinski definition) is 1. The maximum Gasteiger partial charge on any atom is 0.253 e. The standard InChI is InChI=1S/C14H20N2O3/c1-18-12-6-4-11(5-7-12)16-9-13(3-2-8-15)19-10-14(16)17/h4-7,13H,2-3,8-10,15H2,1H3. The van der Waals surface area contributed by atoms with Gasteiger partial charge in [0.25, 0.3) is 5.91 Å². The largest absolute Gasteiger partial charge is 0.497 e. The van der Waals surface area contributed by atoms with Crippen molar-refractivity contribution in [1.82, 2.24) is 0 Å². The van der Waals surface area contributed by atoms with Gasteiger partial charge in [-0.1, -0.05) is 0 Å². The number of methoxy groups -OCH3 is 1. The Hall–Kier alpha value is -1.59. The zero-order valence-corrected chi connectivity index (χ0v) is 11.2.